The van der Waals surface area contributed by atoms with Crippen LogP contribution in [0.4, 0.5) is 0 Å². The van der Waals surface area contributed by atoms with Gasteiger partial charge in [-0.2, -0.15) is 5.10 Å². The van der Waals surface area contributed by atoms with Crippen LogP contribution in [0.5, 0.6) is 0 Å². The largest absolute Gasteiger partial charge is 0.463 e. The zero-order valence-corrected chi connectivity index (χ0v) is 12.7. The molecule has 0 aliphatic carbocycles. The summed E-state index contributed by atoms with van der Waals surface area (Å²) in [6, 6.07) is 7.51. The van der Waals surface area contributed by atoms with Crippen molar-refractivity contribution in [1.29, 1.82) is 0 Å². The molecule has 1 aromatic carbocycles. The van der Waals surface area contributed by atoms with Crippen LogP contribution in [0.15, 0.2) is 43.1 Å². The van der Waals surface area contributed by atoms with Crippen molar-refractivity contribution in [3.05, 3.63) is 48.7 Å². The monoisotopic (exact) mass is 312 g/mol. The quantitative estimate of drug-likeness (QED) is 0.393. The Bertz CT molecular complexity index is 836. The summed E-state index contributed by atoms with van der Waals surface area (Å²) in [6.45, 7) is 1.43. The van der Waals surface area contributed by atoms with Gasteiger partial charge in [0.05, 0.1) is 12.7 Å². The number of carbonyl (C=O) groups excluding carboxylic acids is 2. The highest BCUT2D eigenvalue weighted by Gasteiger charge is 2.21. The van der Waals surface area contributed by atoms with E-state index in [9.17, 15) is 9.59 Å². The number of aromatic nitrogens is 4. The molecule has 0 radical (unpaired) electrons. The van der Waals surface area contributed by atoms with Gasteiger partial charge in [0.1, 0.15) is 12.7 Å². The van der Waals surface area contributed by atoms with Crippen molar-refractivity contribution in [2.45, 2.75) is 19.5 Å². The highest BCUT2D eigenvalue weighted by Crippen LogP contribution is 2.22. The van der Waals surface area contributed by atoms with E-state index in [1.807, 2.05) is 28.8 Å². The van der Waals surface area contributed by atoms with Gasteiger partial charge >= 0.3 is 5.97 Å². The lowest BCUT2D eigenvalue weighted by atomic mass is 10.1. The summed E-state index contributed by atoms with van der Waals surface area (Å²) in [6.07, 6.45) is 5.71. The summed E-state index contributed by atoms with van der Waals surface area (Å²) in [5.74, 6) is -1.48. The van der Waals surface area contributed by atoms with E-state index in [1.54, 1.807) is 17.2 Å². The topological polar surface area (TPSA) is 79.0 Å². The van der Waals surface area contributed by atoms with Crippen molar-refractivity contribution in [2.75, 3.05) is 7.11 Å². The third-order valence-corrected chi connectivity index (χ3v) is 3.66. The number of aryl methyl sites for hydroxylation is 2. The number of rotatable bonds is 6. The molecule has 0 N–H and O–H groups in total. The lowest BCUT2D eigenvalue weighted by Crippen LogP contribution is -2.15. The standard InChI is InChI=1S/C16H16N4O3/c1-23-16(22)15(21)13-9-19(14-6-3-2-5-12(13)14)7-4-8-20-11-17-10-18-20/h2-3,5-6,9-11H,4,7-8H2,1H3. The number of hydrogen-bond donors (Lipinski definition) is 0. The molecule has 0 fully saturated rings. The zero-order chi connectivity index (χ0) is 16.2. The molecule has 0 saturated heterocycles. The molecule has 23 heavy (non-hydrogen) atoms. The Balaban J connectivity index is 1.85. The van der Waals surface area contributed by atoms with Gasteiger partial charge in [0, 0.05) is 30.2 Å². The van der Waals surface area contributed by atoms with E-state index in [1.165, 1.54) is 13.4 Å². The van der Waals surface area contributed by atoms with E-state index in [0.29, 0.717) is 12.1 Å². The minimum atomic E-state index is -0.851. The van der Waals surface area contributed by atoms with Crippen LogP contribution in [-0.2, 0) is 22.6 Å². The summed E-state index contributed by atoms with van der Waals surface area (Å²) in [5, 5.41) is 4.81. The highest BCUT2D eigenvalue weighted by atomic mass is 16.5. The molecule has 118 valence electrons. The summed E-state index contributed by atoms with van der Waals surface area (Å²) in [4.78, 5) is 27.6. The van der Waals surface area contributed by atoms with Crippen LogP contribution in [0.1, 0.15) is 16.8 Å². The third-order valence-electron chi connectivity index (χ3n) is 3.66. The number of para-hydroxylation sites is 1. The van der Waals surface area contributed by atoms with E-state index in [0.717, 1.165) is 23.9 Å². The maximum Gasteiger partial charge on any atom is 0.379 e. The fourth-order valence-corrected chi connectivity index (χ4v) is 2.57. The molecule has 0 spiro atoms. The normalized spacial score (nSPS) is 10.8. The van der Waals surface area contributed by atoms with Crippen molar-refractivity contribution < 1.29 is 14.3 Å². The number of methoxy groups -OCH3 is 1. The number of hydrogen-bond acceptors (Lipinski definition) is 5. The third kappa shape index (κ3) is 2.98. The first-order valence-electron chi connectivity index (χ1n) is 7.23. The summed E-state index contributed by atoms with van der Waals surface area (Å²) < 4.78 is 8.27. The highest BCUT2D eigenvalue weighted by molar-refractivity contribution is 6.42. The number of Topliss-reactive ketones (excluding diaryl/α,β-unsaturated/α-hetero) is 1. The second kappa shape index (κ2) is 6.43. The van der Waals surface area contributed by atoms with Crippen LogP contribution in [-0.4, -0.2) is 38.2 Å². The summed E-state index contributed by atoms with van der Waals surface area (Å²) in [5.41, 5.74) is 1.28. The minimum Gasteiger partial charge on any atom is -0.463 e. The van der Waals surface area contributed by atoms with Gasteiger partial charge < -0.3 is 9.30 Å². The Morgan fingerprint density at radius 3 is 2.78 bits per heavy atom. The second-order valence-corrected chi connectivity index (χ2v) is 5.09. The Morgan fingerprint density at radius 2 is 2.04 bits per heavy atom. The number of ether oxygens (including phenoxy) is 1. The van der Waals surface area contributed by atoms with Crippen LogP contribution in [0, 0.1) is 0 Å². The molecule has 3 aromatic rings. The molecule has 0 saturated carbocycles. The molecular weight excluding hydrogens is 296 g/mol. The molecular formula is C16H16N4O3. The van der Waals surface area contributed by atoms with E-state index in [-0.39, 0.29) is 0 Å². The van der Waals surface area contributed by atoms with Crippen LogP contribution in [0.25, 0.3) is 10.9 Å². The Labute approximate surface area is 132 Å². The summed E-state index contributed by atoms with van der Waals surface area (Å²) >= 11 is 0. The van der Waals surface area contributed by atoms with Gasteiger partial charge in [-0.15, -0.1) is 0 Å². The lowest BCUT2D eigenvalue weighted by molar-refractivity contribution is -0.135. The van der Waals surface area contributed by atoms with Crippen molar-refractivity contribution in [1.82, 2.24) is 19.3 Å². The molecule has 3 rings (SSSR count). The van der Waals surface area contributed by atoms with E-state index < -0.39 is 11.8 Å². The predicted molar refractivity (Wildman–Crippen MR) is 82.9 cm³/mol. The maximum absolute atomic E-state index is 12.2. The Hall–Kier alpha value is -2.96. The van der Waals surface area contributed by atoms with Crippen molar-refractivity contribution >= 4 is 22.7 Å². The fraction of sp³-hybridized carbons (Fsp3) is 0.250. The summed E-state index contributed by atoms with van der Waals surface area (Å²) in [7, 11) is 1.21. The molecule has 0 aliphatic heterocycles. The van der Waals surface area contributed by atoms with E-state index >= 15 is 0 Å². The van der Waals surface area contributed by atoms with Gasteiger partial charge in [-0.25, -0.2) is 9.78 Å². The lowest BCUT2D eigenvalue weighted by Gasteiger charge is -2.05. The van der Waals surface area contributed by atoms with Crippen molar-refractivity contribution in [3.63, 3.8) is 0 Å². The van der Waals surface area contributed by atoms with E-state index in [4.69, 9.17) is 0 Å². The molecule has 0 aliphatic rings. The van der Waals surface area contributed by atoms with Gasteiger partial charge in [0.25, 0.3) is 5.78 Å². The van der Waals surface area contributed by atoms with E-state index in [2.05, 4.69) is 14.8 Å². The van der Waals surface area contributed by atoms with Crippen molar-refractivity contribution in [3.8, 4) is 0 Å². The maximum atomic E-state index is 12.2. The van der Waals surface area contributed by atoms with Gasteiger partial charge in [0.2, 0.25) is 0 Å². The van der Waals surface area contributed by atoms with Gasteiger partial charge in [0.15, 0.2) is 0 Å². The van der Waals surface area contributed by atoms with Crippen LogP contribution in [0.3, 0.4) is 0 Å². The average molecular weight is 312 g/mol. The predicted octanol–water partition coefficient (Wildman–Crippen LogP) is 1.68. The second-order valence-electron chi connectivity index (χ2n) is 5.09. The molecule has 0 unspecified atom stereocenters. The first kappa shape index (κ1) is 15.0. The number of esters is 1. The van der Waals surface area contributed by atoms with Crippen molar-refractivity contribution in [2.24, 2.45) is 0 Å². The number of carbonyl (C=O) groups is 2. The smallest absolute Gasteiger partial charge is 0.379 e. The Morgan fingerprint density at radius 1 is 1.22 bits per heavy atom. The molecule has 2 aromatic heterocycles. The molecule has 7 heteroatoms. The molecule has 7 nitrogen and oxygen atoms in total. The number of nitrogens with zero attached hydrogens (tertiary/aromatic N) is 4. The Kier molecular flexibility index (Phi) is 4.18. The average Bonchev–Trinajstić information content (AvgIpc) is 3.22. The first-order chi connectivity index (χ1) is 11.2. The van der Waals surface area contributed by atoms with Crippen LogP contribution in [0.2, 0.25) is 0 Å². The zero-order valence-electron chi connectivity index (χ0n) is 12.7. The molecule has 0 atom stereocenters. The molecule has 2 heterocycles. The fourth-order valence-electron chi connectivity index (χ4n) is 2.57. The first-order valence-corrected chi connectivity index (χ1v) is 7.23. The van der Waals surface area contributed by atoms with Gasteiger partial charge in [-0.1, -0.05) is 18.2 Å². The van der Waals surface area contributed by atoms with Gasteiger partial charge in [-0.3, -0.25) is 9.48 Å². The number of benzene rings is 1. The SMILES string of the molecule is COC(=O)C(=O)c1cn(CCCn2cncn2)c2ccccc12. The molecule has 0 bridgehead atoms. The van der Waals surface area contributed by atoms with Crippen LogP contribution >= 0.6 is 0 Å². The van der Waals surface area contributed by atoms with Gasteiger partial charge in [-0.05, 0) is 12.5 Å². The minimum absolute atomic E-state index is 0.369. The van der Waals surface area contributed by atoms with Crippen LogP contribution < -0.4 is 0 Å². The number of fused-ring (bicyclic) bond motifs is 1. The molecule has 0 amide bonds. The number of ketones is 1.